The van der Waals surface area contributed by atoms with E-state index in [1.54, 1.807) is 0 Å². The van der Waals surface area contributed by atoms with Crippen molar-refractivity contribution in [1.29, 1.82) is 0 Å². The second-order valence-electron chi connectivity index (χ2n) is 6.68. The monoisotopic (exact) mass is 460 g/mol. The third-order valence-electron chi connectivity index (χ3n) is 4.23. The minimum Gasteiger partial charge on any atom is -0.508 e. The van der Waals surface area contributed by atoms with E-state index >= 15 is 0 Å². The summed E-state index contributed by atoms with van der Waals surface area (Å²) in [7, 11) is 0. The van der Waals surface area contributed by atoms with Crippen LogP contribution in [0.3, 0.4) is 0 Å². The standard InChI is InChI=1S/C22H18ClFN2O6/c1-12(6-7-25-21(29)11-31-14-3-4-16(23)17(24)9-14)26-22(30)20-10-18(28)15-8-13(27)2-5-19(15)32-20/h2-5,8-10,27H,1,6-7,11H2,(H,25,29)(H,26,30). The first-order chi connectivity index (χ1) is 15.2. The maximum Gasteiger partial charge on any atom is 0.291 e. The Labute approximate surface area is 186 Å². The summed E-state index contributed by atoms with van der Waals surface area (Å²) in [4.78, 5) is 36.3. The molecule has 166 valence electrons. The number of hydrogen-bond acceptors (Lipinski definition) is 6. The topological polar surface area (TPSA) is 118 Å². The van der Waals surface area contributed by atoms with Gasteiger partial charge in [-0.3, -0.25) is 14.4 Å². The summed E-state index contributed by atoms with van der Waals surface area (Å²) in [6.07, 6.45) is 0.207. The van der Waals surface area contributed by atoms with Gasteiger partial charge in [-0.2, -0.15) is 0 Å². The number of fused-ring (bicyclic) bond motifs is 1. The minimum absolute atomic E-state index is 0.0513. The zero-order valence-electron chi connectivity index (χ0n) is 16.6. The molecule has 0 aliphatic carbocycles. The maximum atomic E-state index is 13.3. The van der Waals surface area contributed by atoms with E-state index in [4.69, 9.17) is 20.8 Å². The number of aromatic hydroxyl groups is 1. The molecule has 0 bridgehead atoms. The molecule has 3 N–H and O–H groups in total. The highest BCUT2D eigenvalue weighted by atomic mass is 35.5. The van der Waals surface area contributed by atoms with Crippen LogP contribution < -0.4 is 20.8 Å². The van der Waals surface area contributed by atoms with E-state index in [0.29, 0.717) is 0 Å². The van der Waals surface area contributed by atoms with Gasteiger partial charge in [-0.05, 0) is 30.3 Å². The number of phenolic OH excluding ortho intramolecular Hbond substituents is 1. The smallest absolute Gasteiger partial charge is 0.291 e. The molecule has 0 saturated heterocycles. The average Bonchev–Trinajstić information content (AvgIpc) is 2.75. The van der Waals surface area contributed by atoms with Crippen LogP contribution in [0.5, 0.6) is 11.5 Å². The van der Waals surface area contributed by atoms with Crippen LogP contribution >= 0.6 is 11.6 Å². The second-order valence-corrected chi connectivity index (χ2v) is 7.08. The lowest BCUT2D eigenvalue weighted by Gasteiger charge is -2.10. The number of carbonyl (C=O) groups is 2. The lowest BCUT2D eigenvalue weighted by molar-refractivity contribution is -0.123. The van der Waals surface area contributed by atoms with Crippen molar-refractivity contribution in [3.63, 3.8) is 0 Å². The van der Waals surface area contributed by atoms with Crippen molar-refractivity contribution in [3.8, 4) is 11.5 Å². The predicted octanol–water partition coefficient (Wildman–Crippen LogP) is 3.12. The average molecular weight is 461 g/mol. The Morgan fingerprint density at radius 2 is 1.97 bits per heavy atom. The Bertz CT molecular complexity index is 1260. The van der Waals surface area contributed by atoms with Gasteiger partial charge < -0.3 is 24.9 Å². The van der Waals surface area contributed by atoms with Gasteiger partial charge in [0.1, 0.15) is 22.9 Å². The minimum atomic E-state index is -0.679. The SMILES string of the molecule is C=C(CCNC(=O)COc1ccc(Cl)c(F)c1)NC(=O)c1cc(=O)c2cc(O)ccc2o1. The molecule has 0 unspecified atom stereocenters. The highest BCUT2D eigenvalue weighted by Gasteiger charge is 2.14. The summed E-state index contributed by atoms with van der Waals surface area (Å²) in [5.41, 5.74) is -0.0471. The largest absolute Gasteiger partial charge is 0.508 e. The highest BCUT2D eigenvalue weighted by Crippen LogP contribution is 2.20. The van der Waals surface area contributed by atoms with Crippen LogP contribution in [0, 0.1) is 5.82 Å². The van der Waals surface area contributed by atoms with E-state index in [2.05, 4.69) is 17.2 Å². The van der Waals surface area contributed by atoms with E-state index < -0.39 is 23.1 Å². The highest BCUT2D eigenvalue weighted by molar-refractivity contribution is 6.30. The van der Waals surface area contributed by atoms with Crippen molar-refractivity contribution in [3.05, 3.63) is 81.6 Å². The molecule has 1 aromatic heterocycles. The normalized spacial score (nSPS) is 10.6. The van der Waals surface area contributed by atoms with Crippen LogP contribution in [0.25, 0.3) is 11.0 Å². The van der Waals surface area contributed by atoms with Crippen molar-refractivity contribution in [2.24, 2.45) is 0 Å². The van der Waals surface area contributed by atoms with E-state index in [-0.39, 0.29) is 58.5 Å². The van der Waals surface area contributed by atoms with Crippen LogP contribution in [-0.4, -0.2) is 30.1 Å². The van der Waals surface area contributed by atoms with Gasteiger partial charge in [-0.1, -0.05) is 18.2 Å². The Kier molecular flexibility index (Phi) is 7.11. The molecule has 0 aliphatic heterocycles. The van der Waals surface area contributed by atoms with Gasteiger partial charge in [0.2, 0.25) is 0 Å². The molecule has 3 rings (SSSR count). The molecule has 2 aromatic carbocycles. The summed E-state index contributed by atoms with van der Waals surface area (Å²) in [5.74, 6) is -1.95. The van der Waals surface area contributed by atoms with E-state index in [9.17, 15) is 23.9 Å². The molecule has 1 heterocycles. The number of carbonyl (C=O) groups excluding carboxylic acids is 2. The van der Waals surface area contributed by atoms with E-state index in [0.717, 1.165) is 12.1 Å². The van der Waals surface area contributed by atoms with E-state index in [1.807, 2.05) is 0 Å². The Balaban J connectivity index is 1.46. The molecule has 0 aliphatic rings. The van der Waals surface area contributed by atoms with Gasteiger partial charge >= 0.3 is 0 Å². The Hall–Kier alpha value is -3.85. The molecular weight excluding hydrogens is 443 g/mol. The third-order valence-corrected chi connectivity index (χ3v) is 4.54. The summed E-state index contributed by atoms with van der Waals surface area (Å²) in [6.45, 7) is 3.52. The molecule has 2 amide bonds. The van der Waals surface area contributed by atoms with Crippen molar-refractivity contribution >= 4 is 34.4 Å². The van der Waals surface area contributed by atoms with Crippen LogP contribution in [0.4, 0.5) is 4.39 Å². The molecule has 0 saturated carbocycles. The summed E-state index contributed by atoms with van der Waals surface area (Å²) >= 11 is 5.58. The molecule has 10 heteroatoms. The zero-order chi connectivity index (χ0) is 23.3. The number of hydrogen-bond donors (Lipinski definition) is 3. The summed E-state index contributed by atoms with van der Waals surface area (Å²) < 4.78 is 23.9. The van der Waals surface area contributed by atoms with Crippen molar-refractivity contribution in [1.82, 2.24) is 10.6 Å². The number of amides is 2. The number of ether oxygens (including phenoxy) is 1. The van der Waals surface area contributed by atoms with Gasteiger partial charge in [0.15, 0.2) is 17.8 Å². The summed E-state index contributed by atoms with van der Waals surface area (Å²) in [5, 5.41) is 14.6. The van der Waals surface area contributed by atoms with Crippen LogP contribution in [-0.2, 0) is 4.79 Å². The number of rotatable bonds is 8. The fourth-order valence-corrected chi connectivity index (χ4v) is 2.78. The number of phenols is 1. The fraction of sp³-hybridized carbons (Fsp3) is 0.136. The first-order valence-electron chi connectivity index (χ1n) is 9.33. The number of benzene rings is 2. The third kappa shape index (κ3) is 5.86. The van der Waals surface area contributed by atoms with Crippen LogP contribution in [0.2, 0.25) is 5.02 Å². The van der Waals surface area contributed by atoms with Gasteiger partial charge in [0, 0.05) is 30.8 Å². The molecule has 0 atom stereocenters. The van der Waals surface area contributed by atoms with Gasteiger partial charge in [-0.15, -0.1) is 0 Å². The molecule has 8 nitrogen and oxygen atoms in total. The van der Waals surface area contributed by atoms with Gasteiger partial charge in [0.25, 0.3) is 11.8 Å². The van der Waals surface area contributed by atoms with E-state index in [1.165, 1.54) is 30.3 Å². The van der Waals surface area contributed by atoms with Gasteiger partial charge in [0.05, 0.1) is 10.4 Å². The first kappa shape index (κ1) is 22.8. The first-order valence-corrected chi connectivity index (χ1v) is 9.71. The molecule has 32 heavy (non-hydrogen) atoms. The number of nitrogens with one attached hydrogen (secondary N) is 2. The summed E-state index contributed by atoms with van der Waals surface area (Å²) in [6, 6.07) is 8.80. The second kappa shape index (κ2) is 9.97. The van der Waals surface area contributed by atoms with Crippen LogP contribution in [0.15, 0.2) is 64.0 Å². The lowest BCUT2D eigenvalue weighted by atomic mass is 10.2. The maximum absolute atomic E-state index is 13.3. The quantitative estimate of drug-likeness (QED) is 0.475. The van der Waals surface area contributed by atoms with Crippen molar-refractivity contribution in [2.75, 3.05) is 13.2 Å². The predicted molar refractivity (Wildman–Crippen MR) is 115 cm³/mol. The zero-order valence-corrected chi connectivity index (χ0v) is 17.4. The van der Waals surface area contributed by atoms with Crippen LogP contribution in [0.1, 0.15) is 17.0 Å². The lowest BCUT2D eigenvalue weighted by Crippen LogP contribution is -2.31. The molecular formula is C22H18ClFN2O6. The Morgan fingerprint density at radius 3 is 2.72 bits per heavy atom. The molecule has 3 aromatic rings. The molecule has 0 radical (unpaired) electrons. The molecule has 0 spiro atoms. The molecule has 0 fully saturated rings. The Morgan fingerprint density at radius 1 is 1.19 bits per heavy atom. The van der Waals surface area contributed by atoms with Crippen molar-refractivity contribution < 1.29 is 28.2 Å². The van der Waals surface area contributed by atoms with Crippen molar-refractivity contribution in [2.45, 2.75) is 6.42 Å². The fourth-order valence-electron chi connectivity index (χ4n) is 2.66. The van der Waals surface area contributed by atoms with Gasteiger partial charge in [-0.25, -0.2) is 4.39 Å². The number of halogens is 2.